The van der Waals surface area contributed by atoms with Crippen molar-refractivity contribution in [3.8, 4) is 5.75 Å². The first-order valence-corrected chi connectivity index (χ1v) is 8.38. The standard InChI is InChI=1S/C20H24FNO4/c1-13(19(22)20(24)15-4-3-5-16(21)11-15)12-26-17-8-6-14(7-9-17)10-18(23)25-2/h3-9,11,13,19-20,24H,10,12,22H2,1-2H3. The number of rotatable bonds is 8. The molecule has 0 fully saturated rings. The third-order valence-electron chi connectivity index (χ3n) is 4.22. The summed E-state index contributed by atoms with van der Waals surface area (Å²) in [4.78, 5) is 11.2. The second-order valence-corrected chi connectivity index (χ2v) is 6.26. The van der Waals surface area contributed by atoms with Crippen LogP contribution in [-0.2, 0) is 16.0 Å². The number of methoxy groups -OCH3 is 1. The van der Waals surface area contributed by atoms with E-state index in [4.69, 9.17) is 10.5 Å². The van der Waals surface area contributed by atoms with Crippen molar-refractivity contribution in [2.75, 3.05) is 13.7 Å². The molecule has 5 nitrogen and oxygen atoms in total. The molecule has 0 bridgehead atoms. The van der Waals surface area contributed by atoms with Crippen LogP contribution in [0.15, 0.2) is 48.5 Å². The number of nitrogens with two attached hydrogens (primary N) is 1. The van der Waals surface area contributed by atoms with Crippen molar-refractivity contribution in [3.63, 3.8) is 0 Å². The molecule has 0 aliphatic carbocycles. The zero-order valence-electron chi connectivity index (χ0n) is 14.9. The van der Waals surface area contributed by atoms with E-state index in [9.17, 15) is 14.3 Å². The van der Waals surface area contributed by atoms with Crippen LogP contribution in [0, 0.1) is 11.7 Å². The normalized spacial score (nSPS) is 14.3. The summed E-state index contributed by atoms with van der Waals surface area (Å²) >= 11 is 0. The number of benzene rings is 2. The first-order valence-electron chi connectivity index (χ1n) is 8.38. The molecule has 3 N–H and O–H groups in total. The Morgan fingerprint density at radius 3 is 2.54 bits per heavy atom. The number of carbonyl (C=O) groups is 1. The van der Waals surface area contributed by atoms with Crippen molar-refractivity contribution in [3.05, 3.63) is 65.5 Å². The van der Waals surface area contributed by atoms with Crippen LogP contribution in [0.4, 0.5) is 4.39 Å². The van der Waals surface area contributed by atoms with Crippen LogP contribution in [0.2, 0.25) is 0 Å². The average Bonchev–Trinajstić information content (AvgIpc) is 2.65. The fourth-order valence-electron chi connectivity index (χ4n) is 2.51. The number of hydrogen-bond donors (Lipinski definition) is 2. The third kappa shape index (κ3) is 5.54. The molecule has 2 aromatic rings. The minimum absolute atomic E-state index is 0.164. The Morgan fingerprint density at radius 2 is 1.92 bits per heavy atom. The molecule has 3 atom stereocenters. The van der Waals surface area contributed by atoms with E-state index in [1.54, 1.807) is 30.3 Å². The number of halogens is 1. The molecular formula is C20H24FNO4. The van der Waals surface area contributed by atoms with Gasteiger partial charge in [-0.15, -0.1) is 0 Å². The molecule has 0 saturated carbocycles. The molecule has 0 saturated heterocycles. The van der Waals surface area contributed by atoms with E-state index in [-0.39, 0.29) is 18.3 Å². The predicted octanol–water partition coefficient (Wildman–Crippen LogP) is 2.62. The van der Waals surface area contributed by atoms with Crippen LogP contribution in [0.5, 0.6) is 5.75 Å². The maximum absolute atomic E-state index is 13.3. The van der Waals surface area contributed by atoms with Gasteiger partial charge in [-0.1, -0.05) is 31.2 Å². The molecule has 0 spiro atoms. The zero-order chi connectivity index (χ0) is 19.1. The van der Waals surface area contributed by atoms with Gasteiger partial charge in [0.05, 0.1) is 26.2 Å². The van der Waals surface area contributed by atoms with Crippen molar-refractivity contribution in [2.24, 2.45) is 11.7 Å². The first kappa shape index (κ1) is 19.9. The van der Waals surface area contributed by atoms with E-state index in [2.05, 4.69) is 4.74 Å². The Labute approximate surface area is 152 Å². The molecule has 0 heterocycles. The number of aliphatic hydroxyl groups is 1. The highest BCUT2D eigenvalue weighted by Crippen LogP contribution is 2.22. The minimum Gasteiger partial charge on any atom is -0.493 e. The zero-order valence-corrected chi connectivity index (χ0v) is 14.9. The van der Waals surface area contributed by atoms with Gasteiger partial charge in [0.25, 0.3) is 0 Å². The van der Waals surface area contributed by atoms with Crippen LogP contribution in [0.25, 0.3) is 0 Å². The summed E-state index contributed by atoms with van der Waals surface area (Å²) in [6.07, 6.45) is -0.774. The van der Waals surface area contributed by atoms with Gasteiger partial charge in [0.15, 0.2) is 0 Å². The second kappa shape index (κ2) is 9.31. The smallest absolute Gasteiger partial charge is 0.309 e. The Bertz CT molecular complexity index is 720. The molecule has 0 amide bonds. The summed E-state index contributed by atoms with van der Waals surface area (Å²) in [6, 6.07) is 12.3. The summed E-state index contributed by atoms with van der Waals surface area (Å²) < 4.78 is 23.6. The maximum atomic E-state index is 13.3. The highest BCUT2D eigenvalue weighted by atomic mass is 19.1. The lowest BCUT2D eigenvalue weighted by molar-refractivity contribution is -0.139. The molecule has 26 heavy (non-hydrogen) atoms. The first-order chi connectivity index (χ1) is 12.4. The lowest BCUT2D eigenvalue weighted by Crippen LogP contribution is -2.37. The Morgan fingerprint density at radius 1 is 1.23 bits per heavy atom. The van der Waals surface area contributed by atoms with Crippen LogP contribution in [-0.4, -0.2) is 30.8 Å². The summed E-state index contributed by atoms with van der Waals surface area (Å²) in [6.45, 7) is 2.16. The van der Waals surface area contributed by atoms with E-state index in [1.807, 2.05) is 6.92 Å². The highest BCUT2D eigenvalue weighted by Gasteiger charge is 2.23. The third-order valence-corrected chi connectivity index (χ3v) is 4.22. The fourth-order valence-corrected chi connectivity index (χ4v) is 2.51. The van der Waals surface area contributed by atoms with Gasteiger partial charge in [0.1, 0.15) is 11.6 Å². The fraction of sp³-hybridized carbons (Fsp3) is 0.350. The number of ether oxygens (including phenoxy) is 2. The Kier molecular flexibility index (Phi) is 7.12. The van der Waals surface area contributed by atoms with E-state index < -0.39 is 18.0 Å². The topological polar surface area (TPSA) is 81.8 Å². The SMILES string of the molecule is COC(=O)Cc1ccc(OCC(C)C(N)C(O)c2cccc(F)c2)cc1. The van der Waals surface area contributed by atoms with Gasteiger partial charge in [-0.05, 0) is 35.4 Å². The molecule has 140 valence electrons. The lowest BCUT2D eigenvalue weighted by Gasteiger charge is -2.25. The van der Waals surface area contributed by atoms with Crippen LogP contribution in [0.3, 0.4) is 0 Å². The molecule has 2 aromatic carbocycles. The average molecular weight is 361 g/mol. The van der Waals surface area contributed by atoms with E-state index >= 15 is 0 Å². The van der Waals surface area contributed by atoms with Gasteiger partial charge in [-0.3, -0.25) is 4.79 Å². The van der Waals surface area contributed by atoms with Gasteiger partial charge in [-0.25, -0.2) is 4.39 Å². The van der Waals surface area contributed by atoms with Crippen molar-refractivity contribution in [1.29, 1.82) is 0 Å². The molecule has 0 aromatic heterocycles. The van der Waals surface area contributed by atoms with Gasteiger partial charge in [0.2, 0.25) is 0 Å². The second-order valence-electron chi connectivity index (χ2n) is 6.26. The number of hydrogen-bond acceptors (Lipinski definition) is 5. The molecule has 0 aliphatic heterocycles. The quantitative estimate of drug-likeness (QED) is 0.707. The van der Waals surface area contributed by atoms with Crippen molar-refractivity contribution < 1.29 is 23.8 Å². The van der Waals surface area contributed by atoms with Crippen molar-refractivity contribution in [2.45, 2.75) is 25.5 Å². The van der Waals surface area contributed by atoms with Gasteiger partial charge < -0.3 is 20.3 Å². The van der Waals surface area contributed by atoms with Gasteiger partial charge >= 0.3 is 5.97 Å². The largest absolute Gasteiger partial charge is 0.493 e. The molecule has 0 radical (unpaired) electrons. The summed E-state index contributed by atoms with van der Waals surface area (Å²) in [5.41, 5.74) is 7.37. The van der Waals surface area contributed by atoms with Gasteiger partial charge in [-0.2, -0.15) is 0 Å². The lowest BCUT2D eigenvalue weighted by atomic mass is 9.93. The van der Waals surface area contributed by atoms with E-state index in [0.717, 1.165) is 5.56 Å². The van der Waals surface area contributed by atoms with Gasteiger partial charge in [0, 0.05) is 12.0 Å². The summed E-state index contributed by atoms with van der Waals surface area (Å²) in [5, 5.41) is 10.3. The Hall–Kier alpha value is -2.44. The van der Waals surface area contributed by atoms with Crippen LogP contribution < -0.4 is 10.5 Å². The highest BCUT2D eigenvalue weighted by molar-refractivity contribution is 5.72. The molecule has 6 heteroatoms. The van der Waals surface area contributed by atoms with Crippen molar-refractivity contribution in [1.82, 2.24) is 0 Å². The van der Waals surface area contributed by atoms with Crippen LogP contribution >= 0.6 is 0 Å². The minimum atomic E-state index is -0.980. The number of carbonyl (C=O) groups excluding carboxylic acids is 1. The monoisotopic (exact) mass is 361 g/mol. The number of aliphatic hydroxyl groups excluding tert-OH is 1. The Balaban J connectivity index is 1.89. The molecular weight excluding hydrogens is 337 g/mol. The summed E-state index contributed by atoms with van der Waals surface area (Å²) in [5.74, 6) is -0.241. The van der Waals surface area contributed by atoms with Crippen molar-refractivity contribution >= 4 is 5.97 Å². The molecule has 2 rings (SSSR count). The van der Waals surface area contributed by atoms with E-state index in [1.165, 1.54) is 25.3 Å². The molecule has 3 unspecified atom stereocenters. The molecule has 0 aliphatic rings. The van der Waals surface area contributed by atoms with E-state index in [0.29, 0.717) is 17.9 Å². The predicted molar refractivity (Wildman–Crippen MR) is 96.2 cm³/mol. The maximum Gasteiger partial charge on any atom is 0.309 e. The van der Waals surface area contributed by atoms with Crippen LogP contribution in [0.1, 0.15) is 24.2 Å². The summed E-state index contributed by atoms with van der Waals surface area (Å²) in [7, 11) is 1.35. The number of esters is 1.